The van der Waals surface area contributed by atoms with Gasteiger partial charge < -0.3 is 4.74 Å². The van der Waals surface area contributed by atoms with Gasteiger partial charge in [-0.15, -0.1) is 0 Å². The first-order valence-corrected chi connectivity index (χ1v) is 8.59. The van der Waals surface area contributed by atoms with Crippen molar-refractivity contribution in [1.29, 1.82) is 0 Å². The summed E-state index contributed by atoms with van der Waals surface area (Å²) >= 11 is 6.29. The fourth-order valence-corrected chi connectivity index (χ4v) is 2.67. The van der Waals surface area contributed by atoms with Gasteiger partial charge in [-0.25, -0.2) is 4.79 Å². The molecule has 0 N–H and O–H groups in total. The highest BCUT2D eigenvalue weighted by atomic mass is 35.5. The molecule has 0 atom stereocenters. The van der Waals surface area contributed by atoms with E-state index < -0.39 is 5.97 Å². The number of rotatable bonds is 6. The molecular weight excluding hydrogens is 336 g/mol. The summed E-state index contributed by atoms with van der Waals surface area (Å²) in [6, 6.07) is 7.63. The number of nitrogens with zero attached hydrogens (tertiary/aromatic N) is 2. The number of hydrogen-bond donors (Lipinski definition) is 0. The molecule has 132 valence electrons. The number of halogens is 1. The standard InChI is InChI=1S/C20H23ClN2O2/c1-5-6-10-16-18(12-14(2)3)23(22-19(16)20(24)25-4)13-15-9-7-8-11-17(15)21/h6-12H,5,13H2,1-4H3/b10-6-. The Balaban J connectivity index is 2.63. The van der Waals surface area contributed by atoms with Crippen LogP contribution in [0, 0.1) is 0 Å². The lowest BCUT2D eigenvalue weighted by molar-refractivity contribution is 0.0593. The molecule has 1 aromatic heterocycles. The molecule has 0 saturated carbocycles. The summed E-state index contributed by atoms with van der Waals surface area (Å²) in [5, 5.41) is 5.18. The van der Waals surface area contributed by atoms with Crippen LogP contribution in [0.1, 0.15) is 54.5 Å². The summed E-state index contributed by atoms with van der Waals surface area (Å²) in [4.78, 5) is 12.2. The largest absolute Gasteiger partial charge is 0.464 e. The molecule has 0 aliphatic rings. The number of esters is 1. The molecule has 0 radical (unpaired) electrons. The molecule has 5 heteroatoms. The summed E-state index contributed by atoms with van der Waals surface area (Å²) in [5.74, 6) is -0.447. The number of hydrogen-bond acceptors (Lipinski definition) is 3. The van der Waals surface area contributed by atoms with Crippen molar-refractivity contribution in [2.24, 2.45) is 0 Å². The van der Waals surface area contributed by atoms with Crippen LogP contribution in [0.4, 0.5) is 0 Å². The molecule has 25 heavy (non-hydrogen) atoms. The van der Waals surface area contributed by atoms with E-state index in [1.54, 1.807) is 4.68 Å². The van der Waals surface area contributed by atoms with E-state index >= 15 is 0 Å². The number of ether oxygens (including phenoxy) is 1. The van der Waals surface area contributed by atoms with Crippen molar-refractivity contribution >= 4 is 29.7 Å². The smallest absolute Gasteiger partial charge is 0.359 e. The number of carbonyl (C=O) groups excluding carboxylic acids is 1. The molecule has 0 unspecified atom stereocenters. The Bertz CT molecular complexity index is 815. The molecule has 2 rings (SSSR count). The highest BCUT2D eigenvalue weighted by molar-refractivity contribution is 6.31. The lowest BCUT2D eigenvalue weighted by Crippen LogP contribution is -2.07. The van der Waals surface area contributed by atoms with Crippen LogP contribution in [0.3, 0.4) is 0 Å². The van der Waals surface area contributed by atoms with Gasteiger partial charge >= 0.3 is 5.97 Å². The summed E-state index contributed by atoms with van der Waals surface area (Å²) in [6.45, 7) is 6.54. The third-order valence-electron chi connectivity index (χ3n) is 3.63. The zero-order valence-corrected chi connectivity index (χ0v) is 15.8. The van der Waals surface area contributed by atoms with Gasteiger partial charge in [0.25, 0.3) is 0 Å². The summed E-state index contributed by atoms with van der Waals surface area (Å²) in [5.41, 5.74) is 4.00. The molecule has 0 aliphatic heterocycles. The highest BCUT2D eigenvalue weighted by Crippen LogP contribution is 2.24. The third kappa shape index (κ3) is 4.60. The summed E-state index contributed by atoms with van der Waals surface area (Å²) in [6.07, 6.45) is 6.82. The maximum Gasteiger partial charge on any atom is 0.359 e. The molecule has 2 aromatic rings. The van der Waals surface area contributed by atoms with Gasteiger partial charge in [-0.05, 0) is 38.0 Å². The highest BCUT2D eigenvalue weighted by Gasteiger charge is 2.21. The number of methoxy groups -OCH3 is 1. The monoisotopic (exact) mass is 358 g/mol. The van der Waals surface area contributed by atoms with Crippen LogP contribution in [-0.4, -0.2) is 22.9 Å². The summed E-state index contributed by atoms with van der Waals surface area (Å²) < 4.78 is 6.71. The second-order valence-electron chi connectivity index (χ2n) is 5.92. The van der Waals surface area contributed by atoms with Crippen molar-refractivity contribution in [2.75, 3.05) is 7.11 Å². The van der Waals surface area contributed by atoms with Gasteiger partial charge in [-0.2, -0.15) is 5.10 Å². The van der Waals surface area contributed by atoms with Gasteiger partial charge in [-0.1, -0.05) is 54.4 Å². The van der Waals surface area contributed by atoms with Crippen LogP contribution in [0.25, 0.3) is 12.2 Å². The van der Waals surface area contributed by atoms with Crippen molar-refractivity contribution < 1.29 is 9.53 Å². The molecule has 0 spiro atoms. The lowest BCUT2D eigenvalue weighted by Gasteiger charge is -2.08. The number of benzene rings is 1. The number of aromatic nitrogens is 2. The Morgan fingerprint density at radius 1 is 1.32 bits per heavy atom. The van der Waals surface area contributed by atoms with E-state index in [4.69, 9.17) is 16.3 Å². The number of allylic oxidation sites excluding steroid dienone is 2. The van der Waals surface area contributed by atoms with E-state index in [1.807, 2.05) is 63.3 Å². The van der Waals surface area contributed by atoms with Crippen molar-refractivity contribution in [3.8, 4) is 0 Å². The first-order chi connectivity index (χ1) is 12.0. The van der Waals surface area contributed by atoms with E-state index in [9.17, 15) is 4.79 Å². The molecule has 0 bridgehead atoms. The minimum Gasteiger partial charge on any atom is -0.464 e. The van der Waals surface area contributed by atoms with E-state index in [0.29, 0.717) is 17.3 Å². The molecule has 4 nitrogen and oxygen atoms in total. The zero-order valence-electron chi connectivity index (χ0n) is 15.0. The Morgan fingerprint density at radius 3 is 2.64 bits per heavy atom. The van der Waals surface area contributed by atoms with E-state index in [2.05, 4.69) is 5.10 Å². The SMILES string of the molecule is CC/C=C\c1c(C(=O)OC)nn(Cc2ccccc2Cl)c1C=C(C)C. The lowest BCUT2D eigenvalue weighted by atomic mass is 10.1. The fourth-order valence-electron chi connectivity index (χ4n) is 2.47. The Morgan fingerprint density at radius 2 is 2.04 bits per heavy atom. The van der Waals surface area contributed by atoms with E-state index in [-0.39, 0.29) is 0 Å². The maximum absolute atomic E-state index is 12.2. The quantitative estimate of drug-likeness (QED) is 0.665. The fraction of sp³-hybridized carbons (Fsp3) is 0.300. The summed E-state index contributed by atoms with van der Waals surface area (Å²) in [7, 11) is 1.36. The normalized spacial score (nSPS) is 10.9. The maximum atomic E-state index is 12.2. The Labute approximate surface area is 153 Å². The van der Waals surface area contributed by atoms with Crippen molar-refractivity contribution in [2.45, 2.75) is 33.7 Å². The second-order valence-corrected chi connectivity index (χ2v) is 6.33. The number of carbonyl (C=O) groups is 1. The van der Waals surface area contributed by atoms with Gasteiger partial charge in [0, 0.05) is 10.6 Å². The molecule has 1 aromatic carbocycles. The van der Waals surface area contributed by atoms with Gasteiger partial charge in [0.2, 0.25) is 0 Å². The van der Waals surface area contributed by atoms with Crippen molar-refractivity contribution in [3.63, 3.8) is 0 Å². The average Bonchev–Trinajstić information content (AvgIpc) is 2.91. The van der Waals surface area contributed by atoms with Gasteiger partial charge in [0.05, 0.1) is 19.3 Å². The molecule has 0 aliphatic carbocycles. The van der Waals surface area contributed by atoms with E-state index in [1.165, 1.54) is 7.11 Å². The van der Waals surface area contributed by atoms with Gasteiger partial charge in [-0.3, -0.25) is 4.68 Å². The first kappa shape index (κ1) is 19.0. The molecule has 1 heterocycles. The Kier molecular flexibility index (Phi) is 6.59. The van der Waals surface area contributed by atoms with Crippen LogP contribution in [0.5, 0.6) is 0 Å². The van der Waals surface area contributed by atoms with Gasteiger partial charge in [0.1, 0.15) is 0 Å². The zero-order chi connectivity index (χ0) is 18.4. The molecular formula is C20H23ClN2O2. The van der Waals surface area contributed by atoms with Crippen LogP contribution < -0.4 is 0 Å². The van der Waals surface area contributed by atoms with Crippen LogP contribution in [-0.2, 0) is 11.3 Å². The predicted molar refractivity (Wildman–Crippen MR) is 103 cm³/mol. The molecule has 0 saturated heterocycles. The van der Waals surface area contributed by atoms with Crippen LogP contribution in [0.15, 0.2) is 35.9 Å². The molecule has 0 fully saturated rings. The predicted octanol–water partition coefficient (Wildman–Crippen LogP) is 5.22. The third-order valence-corrected chi connectivity index (χ3v) is 4.00. The average molecular weight is 359 g/mol. The second kappa shape index (κ2) is 8.67. The molecule has 0 amide bonds. The van der Waals surface area contributed by atoms with Crippen molar-refractivity contribution in [1.82, 2.24) is 9.78 Å². The Hall–Kier alpha value is -2.33. The first-order valence-electron chi connectivity index (χ1n) is 8.21. The van der Waals surface area contributed by atoms with Gasteiger partial charge in [0.15, 0.2) is 5.69 Å². The van der Waals surface area contributed by atoms with Crippen molar-refractivity contribution in [3.05, 3.63) is 63.5 Å². The van der Waals surface area contributed by atoms with Crippen LogP contribution in [0.2, 0.25) is 5.02 Å². The van der Waals surface area contributed by atoms with E-state index in [0.717, 1.165) is 28.8 Å². The van der Waals surface area contributed by atoms with Crippen LogP contribution >= 0.6 is 11.6 Å². The minimum absolute atomic E-state index is 0.312. The minimum atomic E-state index is -0.447. The topological polar surface area (TPSA) is 44.1 Å².